The lowest BCUT2D eigenvalue weighted by molar-refractivity contribution is -0.137. The Hall–Kier alpha value is -0.690. The first-order valence-corrected chi connectivity index (χ1v) is 5.71. The van der Waals surface area contributed by atoms with E-state index in [1.807, 2.05) is 0 Å². The molecule has 6 nitrogen and oxygen atoms in total. The van der Waals surface area contributed by atoms with Gasteiger partial charge in [0.1, 0.15) is 6.10 Å². The average Bonchev–Trinajstić information content (AvgIpc) is 2.32. The van der Waals surface area contributed by atoms with E-state index >= 15 is 0 Å². The number of carbonyl (C=O) groups excluding carboxylic acids is 1. The molecule has 0 aromatic heterocycles. The van der Waals surface area contributed by atoms with Crippen molar-refractivity contribution in [2.75, 3.05) is 33.0 Å². The van der Waals surface area contributed by atoms with Crippen LogP contribution in [0.3, 0.4) is 0 Å². The maximum absolute atomic E-state index is 11.5. The highest BCUT2D eigenvalue weighted by Gasteiger charge is 2.32. The van der Waals surface area contributed by atoms with Gasteiger partial charge in [-0.05, 0) is 6.42 Å². The van der Waals surface area contributed by atoms with Gasteiger partial charge in [0, 0.05) is 18.6 Å². The molecule has 6 heteroatoms. The number of aliphatic hydroxyl groups excluding tert-OH is 3. The number of rotatable bonds is 9. The summed E-state index contributed by atoms with van der Waals surface area (Å²) in [5, 5.41) is 29.7. The molecule has 17 heavy (non-hydrogen) atoms. The molecule has 0 aromatic rings. The Morgan fingerprint density at radius 1 is 1.35 bits per heavy atom. The molecule has 1 atom stereocenters. The molecule has 0 aliphatic heterocycles. The Balaban J connectivity index is 3.72. The largest absolute Gasteiger partial charge is 0.396 e. The molecule has 0 rings (SSSR count). The fourth-order valence-electron chi connectivity index (χ4n) is 1.09. The van der Waals surface area contributed by atoms with Gasteiger partial charge in [0.25, 0.3) is 0 Å². The predicted octanol–water partition coefficient (Wildman–Crippen LogP) is -1.12. The van der Waals surface area contributed by atoms with Crippen LogP contribution < -0.4 is 5.32 Å². The van der Waals surface area contributed by atoms with E-state index in [2.05, 4.69) is 5.32 Å². The minimum absolute atomic E-state index is 0.0181. The normalized spacial score (nSPS) is 13.5. The molecular weight excluding hydrogens is 226 g/mol. The fraction of sp³-hybridized carbons (Fsp3) is 0.909. The summed E-state index contributed by atoms with van der Waals surface area (Å²) >= 11 is 0. The number of ether oxygens (including phenoxy) is 1. The molecule has 0 saturated heterocycles. The quantitative estimate of drug-likeness (QED) is 0.388. The minimum Gasteiger partial charge on any atom is -0.396 e. The Morgan fingerprint density at radius 3 is 2.53 bits per heavy atom. The molecule has 0 radical (unpaired) electrons. The Kier molecular flexibility index (Phi) is 8.07. The van der Waals surface area contributed by atoms with Gasteiger partial charge in [-0.1, -0.05) is 13.8 Å². The highest BCUT2D eigenvalue weighted by atomic mass is 16.5. The van der Waals surface area contributed by atoms with Gasteiger partial charge in [0.2, 0.25) is 5.91 Å². The molecule has 102 valence electrons. The van der Waals surface area contributed by atoms with Crippen molar-refractivity contribution >= 4 is 5.91 Å². The molecular formula is C11H23NO5. The van der Waals surface area contributed by atoms with Gasteiger partial charge < -0.3 is 25.4 Å². The molecule has 1 amide bonds. The van der Waals surface area contributed by atoms with Crippen molar-refractivity contribution in [3.05, 3.63) is 0 Å². The van der Waals surface area contributed by atoms with Crippen LogP contribution >= 0.6 is 0 Å². The van der Waals surface area contributed by atoms with Crippen LogP contribution in [0.1, 0.15) is 20.3 Å². The summed E-state index contributed by atoms with van der Waals surface area (Å²) in [5.41, 5.74) is -0.850. The molecule has 0 heterocycles. The van der Waals surface area contributed by atoms with E-state index in [9.17, 15) is 9.90 Å². The molecule has 0 bridgehead atoms. The van der Waals surface area contributed by atoms with Crippen molar-refractivity contribution in [2.45, 2.75) is 26.4 Å². The summed E-state index contributed by atoms with van der Waals surface area (Å²) in [6, 6.07) is 0. The zero-order chi connectivity index (χ0) is 13.3. The van der Waals surface area contributed by atoms with Crippen molar-refractivity contribution in [1.82, 2.24) is 5.32 Å². The van der Waals surface area contributed by atoms with Crippen LogP contribution in [0, 0.1) is 5.41 Å². The first kappa shape index (κ1) is 16.3. The summed E-state index contributed by atoms with van der Waals surface area (Å²) in [6.07, 6.45) is -0.622. The van der Waals surface area contributed by atoms with E-state index < -0.39 is 17.4 Å². The van der Waals surface area contributed by atoms with Crippen LogP contribution in [0.4, 0.5) is 0 Å². The number of hydrogen-bond donors (Lipinski definition) is 4. The van der Waals surface area contributed by atoms with E-state index in [4.69, 9.17) is 14.9 Å². The average molecular weight is 249 g/mol. The molecule has 0 saturated carbocycles. The lowest BCUT2D eigenvalue weighted by atomic mass is 9.87. The molecule has 0 fully saturated rings. The fourth-order valence-corrected chi connectivity index (χ4v) is 1.09. The van der Waals surface area contributed by atoms with Gasteiger partial charge in [-0.3, -0.25) is 4.79 Å². The highest BCUT2D eigenvalue weighted by molar-refractivity contribution is 5.81. The summed E-state index contributed by atoms with van der Waals surface area (Å²) in [4.78, 5) is 11.5. The first-order chi connectivity index (χ1) is 7.95. The van der Waals surface area contributed by atoms with E-state index in [1.165, 1.54) is 0 Å². The molecule has 0 aliphatic rings. The number of amides is 1. The van der Waals surface area contributed by atoms with Crippen molar-refractivity contribution < 1.29 is 24.9 Å². The third-order valence-corrected chi connectivity index (χ3v) is 2.40. The van der Waals surface area contributed by atoms with Crippen LogP contribution in [-0.4, -0.2) is 60.3 Å². The SMILES string of the molecule is CC(C)(CO)C(O)C(=O)NCCCOCCO. The Morgan fingerprint density at radius 2 is 2.00 bits per heavy atom. The maximum Gasteiger partial charge on any atom is 0.249 e. The third-order valence-electron chi connectivity index (χ3n) is 2.40. The monoisotopic (exact) mass is 249 g/mol. The Bertz CT molecular complexity index is 220. The zero-order valence-corrected chi connectivity index (χ0v) is 10.5. The number of nitrogens with one attached hydrogen (secondary N) is 1. The van der Waals surface area contributed by atoms with Gasteiger partial charge in [0.05, 0.1) is 19.8 Å². The van der Waals surface area contributed by atoms with Crippen LogP contribution in [0.15, 0.2) is 0 Å². The summed E-state index contributed by atoms with van der Waals surface area (Å²) in [5.74, 6) is -0.494. The summed E-state index contributed by atoms with van der Waals surface area (Å²) in [6.45, 7) is 4.07. The lowest BCUT2D eigenvalue weighted by Crippen LogP contribution is -2.45. The van der Waals surface area contributed by atoms with Crippen molar-refractivity contribution in [2.24, 2.45) is 5.41 Å². The van der Waals surface area contributed by atoms with Crippen molar-refractivity contribution in [1.29, 1.82) is 0 Å². The molecule has 0 aliphatic carbocycles. The summed E-state index contributed by atoms with van der Waals surface area (Å²) in [7, 11) is 0. The number of aliphatic hydroxyl groups is 3. The second kappa shape index (κ2) is 8.41. The van der Waals surface area contributed by atoms with Crippen LogP contribution in [0.25, 0.3) is 0 Å². The molecule has 1 unspecified atom stereocenters. The van der Waals surface area contributed by atoms with Gasteiger partial charge in [-0.25, -0.2) is 0 Å². The second-order valence-corrected chi connectivity index (χ2v) is 4.53. The molecule has 0 aromatic carbocycles. The van der Waals surface area contributed by atoms with Crippen LogP contribution in [0.2, 0.25) is 0 Å². The van der Waals surface area contributed by atoms with E-state index in [1.54, 1.807) is 13.8 Å². The third kappa shape index (κ3) is 6.58. The maximum atomic E-state index is 11.5. The van der Waals surface area contributed by atoms with Crippen LogP contribution in [-0.2, 0) is 9.53 Å². The lowest BCUT2D eigenvalue weighted by Gasteiger charge is -2.27. The summed E-state index contributed by atoms with van der Waals surface area (Å²) < 4.78 is 5.01. The van der Waals surface area contributed by atoms with E-state index in [0.29, 0.717) is 19.6 Å². The van der Waals surface area contributed by atoms with Crippen molar-refractivity contribution in [3.8, 4) is 0 Å². The van der Waals surface area contributed by atoms with Crippen molar-refractivity contribution in [3.63, 3.8) is 0 Å². The van der Waals surface area contributed by atoms with Gasteiger partial charge in [-0.15, -0.1) is 0 Å². The van der Waals surface area contributed by atoms with Gasteiger partial charge in [-0.2, -0.15) is 0 Å². The zero-order valence-electron chi connectivity index (χ0n) is 10.5. The van der Waals surface area contributed by atoms with E-state index in [-0.39, 0.29) is 19.8 Å². The highest BCUT2D eigenvalue weighted by Crippen LogP contribution is 2.19. The Labute approximate surface area is 102 Å². The van der Waals surface area contributed by atoms with Gasteiger partial charge >= 0.3 is 0 Å². The topological polar surface area (TPSA) is 99.0 Å². The minimum atomic E-state index is -1.23. The number of hydrogen-bond acceptors (Lipinski definition) is 5. The smallest absolute Gasteiger partial charge is 0.249 e. The van der Waals surface area contributed by atoms with E-state index in [0.717, 1.165) is 0 Å². The predicted molar refractivity (Wildman–Crippen MR) is 62.4 cm³/mol. The second-order valence-electron chi connectivity index (χ2n) is 4.53. The van der Waals surface area contributed by atoms with Crippen LogP contribution in [0.5, 0.6) is 0 Å². The van der Waals surface area contributed by atoms with Gasteiger partial charge in [0.15, 0.2) is 0 Å². The molecule has 0 spiro atoms. The number of carbonyl (C=O) groups is 1. The first-order valence-electron chi connectivity index (χ1n) is 5.71. The standard InChI is InChI=1S/C11H23NO5/c1-11(2,8-14)9(15)10(16)12-4-3-6-17-7-5-13/h9,13-15H,3-8H2,1-2H3,(H,12,16). The molecule has 4 N–H and O–H groups in total.